The molecule has 0 saturated carbocycles. The number of fused-ring (bicyclic) bond motifs is 4. The van der Waals surface area contributed by atoms with Gasteiger partial charge in [0.25, 0.3) is 0 Å². The molecule has 2 heterocycles. The smallest absolute Gasteiger partial charge is 0.137 e. The van der Waals surface area contributed by atoms with Crippen molar-refractivity contribution in [3.63, 3.8) is 0 Å². The fourth-order valence-electron chi connectivity index (χ4n) is 3.78. The zero-order chi connectivity index (χ0) is 20.0. The third-order valence-corrected chi connectivity index (χ3v) is 5.44. The minimum absolute atomic E-state index is 0.879. The highest BCUT2D eigenvalue weighted by molar-refractivity contribution is 6.05. The molecule has 142 valence electrons. The Bertz CT molecular complexity index is 1400. The average molecular weight is 379 g/mol. The number of para-hydroxylation sites is 2. The molecule has 0 amide bonds. The summed E-state index contributed by atoms with van der Waals surface area (Å²) in [5.41, 5.74) is 5.68. The number of anilines is 1. The standard InChI is InChI=1S/C26H21NO2/c1-17(12-14-20-18(2)28-24-10-6-4-8-21(20)24)27(3)19-13-15-23-22-9-5-7-11-25(22)29-26(23)16-19/h4-16H,1H2,2-3H3/b14-12-. The van der Waals surface area contributed by atoms with E-state index in [0.717, 1.165) is 55.6 Å². The normalized spacial score (nSPS) is 11.8. The highest BCUT2D eigenvalue weighted by atomic mass is 16.3. The van der Waals surface area contributed by atoms with E-state index in [4.69, 9.17) is 8.83 Å². The number of rotatable bonds is 4. The molecule has 2 aromatic heterocycles. The molecular formula is C26H21NO2. The summed E-state index contributed by atoms with van der Waals surface area (Å²) in [5, 5.41) is 3.37. The van der Waals surface area contributed by atoms with Gasteiger partial charge in [-0.1, -0.05) is 43.0 Å². The van der Waals surface area contributed by atoms with Gasteiger partial charge in [-0.2, -0.15) is 0 Å². The average Bonchev–Trinajstić information content (AvgIpc) is 3.27. The third kappa shape index (κ3) is 2.92. The summed E-state index contributed by atoms with van der Waals surface area (Å²) < 4.78 is 11.9. The van der Waals surface area contributed by atoms with Gasteiger partial charge in [0.15, 0.2) is 0 Å². The number of hydrogen-bond donors (Lipinski definition) is 0. The van der Waals surface area contributed by atoms with Crippen LogP contribution >= 0.6 is 0 Å². The Hall–Kier alpha value is -3.72. The first-order valence-electron chi connectivity index (χ1n) is 9.62. The molecule has 3 heteroatoms. The van der Waals surface area contributed by atoms with Gasteiger partial charge in [-0.05, 0) is 43.3 Å². The summed E-state index contributed by atoms with van der Waals surface area (Å²) in [5.74, 6) is 0.904. The molecule has 0 N–H and O–H groups in total. The van der Waals surface area contributed by atoms with E-state index < -0.39 is 0 Å². The Labute approximate surface area is 169 Å². The van der Waals surface area contributed by atoms with Gasteiger partial charge in [0, 0.05) is 46.2 Å². The molecule has 0 aliphatic carbocycles. The second-order valence-corrected chi connectivity index (χ2v) is 7.23. The molecule has 0 aliphatic heterocycles. The summed E-state index contributed by atoms with van der Waals surface area (Å²) in [7, 11) is 2.01. The number of nitrogens with zero attached hydrogens (tertiary/aromatic N) is 1. The molecule has 0 aliphatic rings. The van der Waals surface area contributed by atoms with Crippen LogP contribution in [0.3, 0.4) is 0 Å². The van der Waals surface area contributed by atoms with Crippen molar-refractivity contribution in [1.29, 1.82) is 0 Å². The number of allylic oxidation sites excluding steroid dienone is 1. The quantitative estimate of drug-likeness (QED) is 0.307. The predicted molar refractivity (Wildman–Crippen MR) is 121 cm³/mol. The number of likely N-dealkylation sites (N-methyl/N-ethyl adjacent to an activating group) is 1. The zero-order valence-electron chi connectivity index (χ0n) is 16.5. The summed E-state index contributed by atoms with van der Waals surface area (Å²) >= 11 is 0. The topological polar surface area (TPSA) is 29.5 Å². The molecule has 0 fully saturated rings. The molecule has 0 spiro atoms. The maximum Gasteiger partial charge on any atom is 0.137 e. The Kier molecular flexibility index (Phi) is 4.02. The van der Waals surface area contributed by atoms with E-state index in [2.05, 4.69) is 47.9 Å². The first kappa shape index (κ1) is 17.4. The van der Waals surface area contributed by atoms with E-state index in [1.54, 1.807) is 0 Å². The number of benzene rings is 3. The number of hydrogen-bond acceptors (Lipinski definition) is 3. The van der Waals surface area contributed by atoms with Crippen LogP contribution in [0.5, 0.6) is 0 Å². The van der Waals surface area contributed by atoms with Crippen molar-refractivity contribution in [2.45, 2.75) is 6.92 Å². The van der Waals surface area contributed by atoms with Crippen molar-refractivity contribution in [1.82, 2.24) is 0 Å². The van der Waals surface area contributed by atoms with Gasteiger partial charge >= 0.3 is 0 Å². The molecule has 5 aromatic rings. The largest absolute Gasteiger partial charge is 0.461 e. The van der Waals surface area contributed by atoms with Crippen molar-refractivity contribution in [3.05, 3.63) is 96.4 Å². The van der Waals surface area contributed by atoms with E-state index >= 15 is 0 Å². The molecular weight excluding hydrogens is 358 g/mol. The summed E-state index contributed by atoms with van der Waals surface area (Å²) in [6.45, 7) is 6.23. The summed E-state index contributed by atoms with van der Waals surface area (Å²) in [6, 6.07) is 22.5. The highest BCUT2D eigenvalue weighted by Gasteiger charge is 2.11. The lowest BCUT2D eigenvalue weighted by molar-refractivity contribution is 0.577. The fraction of sp³-hybridized carbons (Fsp3) is 0.0769. The van der Waals surface area contributed by atoms with Gasteiger partial charge in [0.05, 0.1) is 0 Å². The van der Waals surface area contributed by atoms with Crippen molar-refractivity contribution in [3.8, 4) is 0 Å². The zero-order valence-corrected chi connectivity index (χ0v) is 16.5. The van der Waals surface area contributed by atoms with Gasteiger partial charge in [-0.15, -0.1) is 0 Å². The third-order valence-electron chi connectivity index (χ3n) is 5.44. The van der Waals surface area contributed by atoms with Crippen LogP contribution < -0.4 is 4.90 Å². The van der Waals surface area contributed by atoms with Crippen molar-refractivity contribution in [2.24, 2.45) is 0 Å². The Morgan fingerprint density at radius 2 is 1.48 bits per heavy atom. The monoisotopic (exact) mass is 379 g/mol. The minimum Gasteiger partial charge on any atom is -0.461 e. The van der Waals surface area contributed by atoms with Crippen LogP contribution in [0.2, 0.25) is 0 Å². The predicted octanol–water partition coefficient (Wildman–Crippen LogP) is 7.30. The van der Waals surface area contributed by atoms with Crippen molar-refractivity contribution >= 4 is 44.7 Å². The van der Waals surface area contributed by atoms with Crippen LogP contribution in [0.1, 0.15) is 11.3 Å². The van der Waals surface area contributed by atoms with Crippen LogP contribution in [0.25, 0.3) is 39.0 Å². The molecule has 29 heavy (non-hydrogen) atoms. The van der Waals surface area contributed by atoms with E-state index in [-0.39, 0.29) is 0 Å². The molecule has 0 saturated heterocycles. The van der Waals surface area contributed by atoms with Crippen molar-refractivity contribution in [2.75, 3.05) is 11.9 Å². The van der Waals surface area contributed by atoms with Crippen molar-refractivity contribution < 1.29 is 8.83 Å². The Balaban J connectivity index is 1.45. The van der Waals surface area contributed by atoms with Gasteiger partial charge < -0.3 is 13.7 Å². The van der Waals surface area contributed by atoms with E-state index in [1.807, 2.05) is 56.4 Å². The summed E-state index contributed by atoms with van der Waals surface area (Å²) in [4.78, 5) is 2.06. The number of aryl methyl sites for hydroxylation is 1. The lowest BCUT2D eigenvalue weighted by Crippen LogP contribution is -2.13. The molecule has 0 unspecified atom stereocenters. The van der Waals surface area contributed by atoms with Crippen LogP contribution in [-0.4, -0.2) is 7.05 Å². The second-order valence-electron chi connectivity index (χ2n) is 7.23. The Morgan fingerprint density at radius 3 is 2.28 bits per heavy atom. The summed E-state index contributed by atoms with van der Waals surface area (Å²) in [6.07, 6.45) is 4.09. The first-order chi connectivity index (χ1) is 14.1. The van der Waals surface area contributed by atoms with Gasteiger partial charge in [0.1, 0.15) is 22.5 Å². The van der Waals surface area contributed by atoms with Gasteiger partial charge in [-0.3, -0.25) is 0 Å². The Morgan fingerprint density at radius 1 is 0.828 bits per heavy atom. The lowest BCUT2D eigenvalue weighted by Gasteiger charge is -2.19. The van der Waals surface area contributed by atoms with E-state index in [1.165, 1.54) is 0 Å². The molecule has 0 bridgehead atoms. The van der Waals surface area contributed by atoms with E-state index in [0.29, 0.717) is 0 Å². The molecule has 0 radical (unpaired) electrons. The fourth-order valence-corrected chi connectivity index (χ4v) is 3.78. The maximum atomic E-state index is 6.02. The highest BCUT2D eigenvalue weighted by Crippen LogP contribution is 2.32. The molecule has 3 aromatic carbocycles. The SMILES string of the molecule is C=C(/C=C\c1c(C)oc2ccccc12)N(C)c1ccc2c(c1)oc1ccccc12. The van der Waals surface area contributed by atoms with Gasteiger partial charge in [-0.25, -0.2) is 0 Å². The molecule has 5 rings (SSSR count). The van der Waals surface area contributed by atoms with E-state index in [9.17, 15) is 0 Å². The van der Waals surface area contributed by atoms with Gasteiger partial charge in [0.2, 0.25) is 0 Å². The maximum absolute atomic E-state index is 6.02. The van der Waals surface area contributed by atoms with Crippen LogP contribution in [0.15, 0.2) is 93.9 Å². The van der Waals surface area contributed by atoms with Crippen LogP contribution in [0.4, 0.5) is 5.69 Å². The molecule has 0 atom stereocenters. The number of furan rings is 2. The van der Waals surface area contributed by atoms with Crippen LogP contribution in [0, 0.1) is 6.92 Å². The minimum atomic E-state index is 0.879. The van der Waals surface area contributed by atoms with Crippen LogP contribution in [-0.2, 0) is 0 Å². The first-order valence-corrected chi connectivity index (χ1v) is 9.62. The lowest BCUT2D eigenvalue weighted by atomic mass is 10.1. The molecule has 3 nitrogen and oxygen atoms in total. The second kappa shape index (κ2) is 6.71.